The molecule has 3 atom stereocenters. The van der Waals surface area contributed by atoms with Gasteiger partial charge in [-0.1, -0.05) is 12.8 Å². The monoisotopic (exact) mass is 294 g/mol. The van der Waals surface area contributed by atoms with Crippen LogP contribution in [0.5, 0.6) is 0 Å². The second-order valence-electron chi connectivity index (χ2n) is 6.20. The number of nitrogens with one attached hydrogen (secondary N) is 1. The molecule has 2 saturated heterocycles. The summed E-state index contributed by atoms with van der Waals surface area (Å²) in [6, 6.07) is 0. The molecule has 6 nitrogen and oxygen atoms in total. The van der Waals surface area contributed by atoms with Crippen molar-refractivity contribution in [2.75, 3.05) is 19.7 Å². The van der Waals surface area contributed by atoms with Gasteiger partial charge < -0.3 is 10.1 Å². The summed E-state index contributed by atoms with van der Waals surface area (Å²) in [6.45, 7) is 1.06. The van der Waals surface area contributed by atoms with E-state index in [2.05, 4.69) is 5.32 Å². The van der Waals surface area contributed by atoms with Crippen LogP contribution >= 0.6 is 0 Å². The van der Waals surface area contributed by atoms with Crippen LogP contribution < -0.4 is 5.32 Å². The van der Waals surface area contributed by atoms with E-state index in [0.717, 1.165) is 50.0 Å². The van der Waals surface area contributed by atoms with Gasteiger partial charge in [0, 0.05) is 13.2 Å². The number of hydrogen-bond acceptors (Lipinski definition) is 4. The van der Waals surface area contributed by atoms with Crippen LogP contribution in [0, 0.1) is 11.8 Å². The lowest BCUT2D eigenvalue weighted by Crippen LogP contribution is -2.42. The average molecular weight is 294 g/mol. The summed E-state index contributed by atoms with van der Waals surface area (Å²) in [7, 11) is 0. The van der Waals surface area contributed by atoms with Gasteiger partial charge in [0.2, 0.25) is 17.7 Å². The van der Waals surface area contributed by atoms with Crippen molar-refractivity contribution in [3.63, 3.8) is 0 Å². The van der Waals surface area contributed by atoms with Crippen LogP contribution in [0.15, 0.2) is 0 Å². The lowest BCUT2D eigenvalue weighted by Gasteiger charge is -2.19. The van der Waals surface area contributed by atoms with Gasteiger partial charge in [0.05, 0.1) is 17.9 Å². The second kappa shape index (κ2) is 6.13. The highest BCUT2D eigenvalue weighted by Gasteiger charge is 2.48. The summed E-state index contributed by atoms with van der Waals surface area (Å²) in [4.78, 5) is 37.6. The zero-order chi connectivity index (χ0) is 14.8. The van der Waals surface area contributed by atoms with E-state index >= 15 is 0 Å². The highest BCUT2D eigenvalue weighted by molar-refractivity contribution is 6.07. The number of rotatable bonds is 4. The highest BCUT2D eigenvalue weighted by Crippen LogP contribution is 2.37. The maximum Gasteiger partial charge on any atom is 0.240 e. The summed E-state index contributed by atoms with van der Waals surface area (Å²) in [6.07, 6.45) is 5.60. The summed E-state index contributed by atoms with van der Waals surface area (Å²) < 4.78 is 5.43. The molecule has 0 bridgehead atoms. The molecule has 21 heavy (non-hydrogen) atoms. The van der Waals surface area contributed by atoms with Crippen molar-refractivity contribution in [3.8, 4) is 0 Å². The number of nitrogens with zero attached hydrogens (tertiary/aromatic N) is 1. The number of carbonyl (C=O) groups excluding carboxylic acids is 3. The molecule has 2 aliphatic heterocycles. The van der Waals surface area contributed by atoms with Crippen LogP contribution in [-0.4, -0.2) is 48.4 Å². The topological polar surface area (TPSA) is 75.7 Å². The minimum Gasteiger partial charge on any atom is -0.376 e. The Labute approximate surface area is 124 Å². The van der Waals surface area contributed by atoms with Crippen LogP contribution in [0.4, 0.5) is 0 Å². The zero-order valence-corrected chi connectivity index (χ0v) is 12.2. The average Bonchev–Trinajstić information content (AvgIpc) is 3.09. The molecule has 6 heteroatoms. The van der Waals surface area contributed by atoms with E-state index in [1.165, 1.54) is 0 Å². The molecule has 0 spiro atoms. The van der Waals surface area contributed by atoms with Crippen molar-refractivity contribution in [1.29, 1.82) is 0 Å². The molecule has 1 aliphatic carbocycles. The Hall–Kier alpha value is -1.43. The Balaban J connectivity index is 1.52. The number of carbonyl (C=O) groups is 3. The molecule has 2 heterocycles. The standard InChI is InChI=1S/C15H22N2O4/c18-13(16-8-10-4-3-7-21-10)9-17-14(19)11-5-1-2-6-12(11)15(17)20/h10-12H,1-9H2,(H,16,18). The second-order valence-corrected chi connectivity index (χ2v) is 6.20. The van der Waals surface area contributed by atoms with E-state index in [9.17, 15) is 14.4 Å². The Morgan fingerprint density at radius 1 is 1.10 bits per heavy atom. The summed E-state index contributed by atoms with van der Waals surface area (Å²) >= 11 is 0. The molecule has 3 amide bonds. The van der Waals surface area contributed by atoms with Crippen LogP contribution in [0.1, 0.15) is 38.5 Å². The van der Waals surface area contributed by atoms with Crippen molar-refractivity contribution < 1.29 is 19.1 Å². The molecular weight excluding hydrogens is 272 g/mol. The van der Waals surface area contributed by atoms with Gasteiger partial charge in [0.15, 0.2) is 0 Å². The van der Waals surface area contributed by atoms with Gasteiger partial charge >= 0.3 is 0 Å². The molecular formula is C15H22N2O4. The third kappa shape index (κ3) is 2.95. The minimum atomic E-state index is -0.272. The van der Waals surface area contributed by atoms with Gasteiger partial charge in [-0.25, -0.2) is 0 Å². The number of imide groups is 1. The fourth-order valence-corrected chi connectivity index (χ4v) is 3.62. The summed E-state index contributed by atoms with van der Waals surface area (Å²) in [5, 5.41) is 2.76. The van der Waals surface area contributed by atoms with Gasteiger partial charge in [-0.2, -0.15) is 0 Å². The van der Waals surface area contributed by atoms with Crippen molar-refractivity contribution in [3.05, 3.63) is 0 Å². The van der Waals surface area contributed by atoms with E-state index < -0.39 is 0 Å². The largest absolute Gasteiger partial charge is 0.376 e. The Kier molecular flexibility index (Phi) is 4.24. The summed E-state index contributed by atoms with van der Waals surface area (Å²) in [5.74, 6) is -0.950. The van der Waals surface area contributed by atoms with Gasteiger partial charge in [0.25, 0.3) is 0 Å². The molecule has 0 aromatic carbocycles. The van der Waals surface area contributed by atoms with Crippen molar-refractivity contribution >= 4 is 17.7 Å². The molecule has 0 radical (unpaired) electrons. The molecule has 3 unspecified atom stereocenters. The van der Waals surface area contributed by atoms with Crippen LogP contribution in [0.3, 0.4) is 0 Å². The first-order valence-corrected chi connectivity index (χ1v) is 7.90. The van der Waals surface area contributed by atoms with E-state index in [0.29, 0.717) is 6.54 Å². The predicted octanol–water partition coefficient (Wildman–Crippen LogP) is 0.457. The maximum atomic E-state index is 12.2. The van der Waals surface area contributed by atoms with Gasteiger partial charge in [-0.05, 0) is 25.7 Å². The predicted molar refractivity (Wildman–Crippen MR) is 74.2 cm³/mol. The Morgan fingerprint density at radius 3 is 2.33 bits per heavy atom. The zero-order valence-electron chi connectivity index (χ0n) is 12.2. The highest BCUT2D eigenvalue weighted by atomic mass is 16.5. The number of ether oxygens (including phenoxy) is 1. The van der Waals surface area contributed by atoms with Crippen molar-refractivity contribution in [1.82, 2.24) is 10.2 Å². The van der Waals surface area contributed by atoms with Gasteiger partial charge in [0.1, 0.15) is 6.54 Å². The number of likely N-dealkylation sites (tertiary alicyclic amines) is 1. The lowest BCUT2D eigenvalue weighted by molar-refractivity contribution is -0.143. The van der Waals surface area contributed by atoms with Crippen molar-refractivity contribution in [2.45, 2.75) is 44.6 Å². The van der Waals surface area contributed by atoms with Gasteiger partial charge in [-0.15, -0.1) is 0 Å². The first-order chi connectivity index (χ1) is 10.2. The molecule has 3 aliphatic rings. The first-order valence-electron chi connectivity index (χ1n) is 7.90. The maximum absolute atomic E-state index is 12.2. The van der Waals surface area contributed by atoms with E-state index in [1.807, 2.05) is 0 Å². The fourth-order valence-electron chi connectivity index (χ4n) is 3.62. The first kappa shape index (κ1) is 14.5. The van der Waals surface area contributed by atoms with E-state index in [-0.39, 0.29) is 42.2 Å². The molecule has 0 aromatic heterocycles. The molecule has 3 fully saturated rings. The molecule has 1 N–H and O–H groups in total. The normalized spacial score (nSPS) is 32.4. The third-order valence-corrected chi connectivity index (χ3v) is 4.79. The van der Waals surface area contributed by atoms with Crippen LogP contribution in [-0.2, 0) is 19.1 Å². The van der Waals surface area contributed by atoms with E-state index in [1.54, 1.807) is 0 Å². The smallest absolute Gasteiger partial charge is 0.240 e. The SMILES string of the molecule is O=C(CN1C(=O)C2CCCCC2C1=O)NCC1CCCO1. The number of hydrogen-bond donors (Lipinski definition) is 1. The minimum absolute atomic E-state index is 0.0708. The van der Waals surface area contributed by atoms with E-state index in [4.69, 9.17) is 4.74 Å². The Bertz CT molecular complexity index is 421. The van der Waals surface area contributed by atoms with Crippen LogP contribution in [0.25, 0.3) is 0 Å². The lowest BCUT2D eigenvalue weighted by atomic mass is 9.81. The van der Waals surface area contributed by atoms with Crippen LogP contribution in [0.2, 0.25) is 0 Å². The fraction of sp³-hybridized carbons (Fsp3) is 0.800. The molecule has 0 aromatic rings. The summed E-state index contributed by atoms with van der Waals surface area (Å²) in [5.41, 5.74) is 0. The third-order valence-electron chi connectivity index (χ3n) is 4.79. The van der Waals surface area contributed by atoms with Gasteiger partial charge in [-0.3, -0.25) is 19.3 Å². The molecule has 116 valence electrons. The molecule has 1 saturated carbocycles. The number of fused-ring (bicyclic) bond motifs is 1. The van der Waals surface area contributed by atoms with Crippen molar-refractivity contribution in [2.24, 2.45) is 11.8 Å². The Morgan fingerprint density at radius 2 is 1.76 bits per heavy atom. The quantitative estimate of drug-likeness (QED) is 0.764. The molecule has 3 rings (SSSR count). The number of amides is 3.